The molecule has 0 aliphatic heterocycles. The molecule has 57 heavy (non-hydrogen) atoms. The van der Waals surface area contributed by atoms with Gasteiger partial charge in [0.05, 0.1) is 17.1 Å². The van der Waals surface area contributed by atoms with Gasteiger partial charge in [-0.25, -0.2) is 9.97 Å². The van der Waals surface area contributed by atoms with E-state index in [-0.39, 0.29) is 0 Å². The summed E-state index contributed by atoms with van der Waals surface area (Å²) >= 11 is 3.70. The molecule has 0 amide bonds. The number of aryl methyl sites for hydroxylation is 1. The summed E-state index contributed by atoms with van der Waals surface area (Å²) in [6, 6.07) is 63.1. The van der Waals surface area contributed by atoms with E-state index in [1.165, 1.54) is 51.5 Å². The van der Waals surface area contributed by atoms with Gasteiger partial charge in [0, 0.05) is 68.8 Å². The summed E-state index contributed by atoms with van der Waals surface area (Å²) < 4.78 is 5.19. The number of benzene rings is 7. The van der Waals surface area contributed by atoms with Crippen LogP contribution in [-0.2, 0) is 0 Å². The predicted octanol–water partition coefficient (Wildman–Crippen LogP) is 14.9. The Balaban J connectivity index is 1.16. The molecule has 11 aromatic rings. The Kier molecular flexibility index (Phi) is 8.09. The van der Waals surface area contributed by atoms with Crippen molar-refractivity contribution in [3.63, 3.8) is 0 Å². The SMILES string of the molecule is Cc1ccccc1-c1nc(-c2cc(-c3ccc4sc5ccccc5c4c3)cc(-c3ccc4sc5ccccc5c4c3)c2)cc(-c2ccccc2-c2ccccn2)n1. The molecule has 0 saturated carbocycles. The molecule has 0 radical (unpaired) electrons. The molecule has 4 heterocycles. The fourth-order valence-corrected chi connectivity index (χ4v) is 10.2. The van der Waals surface area contributed by atoms with Gasteiger partial charge in [-0.15, -0.1) is 22.7 Å². The van der Waals surface area contributed by atoms with Crippen LogP contribution in [0.1, 0.15) is 5.56 Å². The zero-order valence-corrected chi connectivity index (χ0v) is 32.6. The van der Waals surface area contributed by atoms with E-state index in [1.807, 2.05) is 41.0 Å². The molecular formula is C52H33N3S2. The lowest BCUT2D eigenvalue weighted by atomic mass is 9.93. The van der Waals surface area contributed by atoms with Crippen molar-refractivity contribution in [2.24, 2.45) is 0 Å². The molecule has 0 atom stereocenters. The van der Waals surface area contributed by atoms with Crippen LogP contribution in [0.3, 0.4) is 0 Å². The predicted molar refractivity (Wildman–Crippen MR) is 243 cm³/mol. The normalized spacial score (nSPS) is 11.6. The fourth-order valence-electron chi connectivity index (χ4n) is 8.05. The van der Waals surface area contributed by atoms with Crippen LogP contribution >= 0.6 is 22.7 Å². The molecule has 0 bridgehead atoms. The van der Waals surface area contributed by atoms with Crippen molar-refractivity contribution in [1.82, 2.24) is 15.0 Å². The third kappa shape index (κ3) is 6.00. The lowest BCUT2D eigenvalue weighted by Gasteiger charge is -2.15. The largest absolute Gasteiger partial charge is 0.256 e. The summed E-state index contributed by atoms with van der Waals surface area (Å²) in [6.45, 7) is 2.13. The summed E-state index contributed by atoms with van der Waals surface area (Å²) in [5.74, 6) is 0.695. The van der Waals surface area contributed by atoms with Gasteiger partial charge in [0.15, 0.2) is 5.82 Å². The van der Waals surface area contributed by atoms with E-state index in [0.717, 1.165) is 56.0 Å². The van der Waals surface area contributed by atoms with Gasteiger partial charge in [-0.05, 0) is 108 Å². The first-order valence-electron chi connectivity index (χ1n) is 19.1. The van der Waals surface area contributed by atoms with E-state index in [1.54, 1.807) is 0 Å². The van der Waals surface area contributed by atoms with Crippen molar-refractivity contribution in [3.05, 3.63) is 188 Å². The lowest BCUT2D eigenvalue weighted by molar-refractivity contribution is 1.17. The van der Waals surface area contributed by atoms with Gasteiger partial charge < -0.3 is 0 Å². The van der Waals surface area contributed by atoms with E-state index < -0.39 is 0 Å². The van der Waals surface area contributed by atoms with Crippen LogP contribution in [0.25, 0.3) is 108 Å². The minimum Gasteiger partial charge on any atom is -0.256 e. The minimum absolute atomic E-state index is 0.695. The summed E-state index contributed by atoms with van der Waals surface area (Å²) in [5.41, 5.74) is 12.4. The monoisotopic (exact) mass is 763 g/mol. The Bertz CT molecular complexity index is 3190. The highest BCUT2D eigenvalue weighted by Crippen LogP contribution is 2.42. The number of nitrogens with zero attached hydrogens (tertiary/aromatic N) is 3. The highest BCUT2D eigenvalue weighted by Gasteiger charge is 2.18. The van der Waals surface area contributed by atoms with Crippen molar-refractivity contribution in [3.8, 4) is 67.4 Å². The number of fused-ring (bicyclic) bond motifs is 6. The molecule has 0 aliphatic carbocycles. The summed E-state index contributed by atoms with van der Waals surface area (Å²) in [5, 5.41) is 5.15. The van der Waals surface area contributed by atoms with Gasteiger partial charge in [-0.3, -0.25) is 4.98 Å². The smallest absolute Gasteiger partial charge is 0.160 e. The average Bonchev–Trinajstić information content (AvgIpc) is 3.84. The third-order valence-electron chi connectivity index (χ3n) is 10.9. The standard InChI is InChI=1S/C52H33N3S2/c1-32-12-2-3-13-38(32)52-54-46(31-47(55-52)40-15-5-4-14-39(40)45-18-10-11-25-53-45)37-27-35(33-21-23-50-43(29-33)41-16-6-8-19-48(41)56-50)26-36(28-37)34-22-24-51-44(30-34)42-17-7-9-20-49(42)57-51/h2-31H,1H3. The number of rotatable bonds is 6. The second kappa shape index (κ2) is 13.7. The van der Waals surface area contributed by atoms with Crippen LogP contribution < -0.4 is 0 Å². The van der Waals surface area contributed by atoms with Gasteiger partial charge in [0.25, 0.3) is 0 Å². The molecule has 7 aromatic carbocycles. The minimum atomic E-state index is 0.695. The summed E-state index contributed by atoms with van der Waals surface area (Å²) in [7, 11) is 0. The van der Waals surface area contributed by atoms with Crippen LogP contribution in [0.5, 0.6) is 0 Å². The number of hydrogen-bond acceptors (Lipinski definition) is 5. The van der Waals surface area contributed by atoms with E-state index in [2.05, 4.69) is 171 Å². The van der Waals surface area contributed by atoms with Crippen LogP contribution in [0.15, 0.2) is 182 Å². The maximum absolute atomic E-state index is 5.37. The highest BCUT2D eigenvalue weighted by molar-refractivity contribution is 7.26. The van der Waals surface area contributed by atoms with E-state index in [0.29, 0.717) is 5.82 Å². The van der Waals surface area contributed by atoms with Crippen molar-refractivity contribution >= 4 is 63.0 Å². The third-order valence-corrected chi connectivity index (χ3v) is 13.2. The number of hydrogen-bond donors (Lipinski definition) is 0. The lowest BCUT2D eigenvalue weighted by Crippen LogP contribution is -1.99. The Morgan fingerprint density at radius 3 is 1.47 bits per heavy atom. The zero-order valence-electron chi connectivity index (χ0n) is 31.0. The van der Waals surface area contributed by atoms with E-state index in [4.69, 9.17) is 15.0 Å². The van der Waals surface area contributed by atoms with Crippen molar-refractivity contribution in [1.29, 1.82) is 0 Å². The molecule has 5 heteroatoms. The van der Waals surface area contributed by atoms with Crippen LogP contribution in [0.2, 0.25) is 0 Å². The molecule has 0 N–H and O–H groups in total. The Morgan fingerprint density at radius 2 is 0.860 bits per heavy atom. The average molecular weight is 764 g/mol. The van der Waals surface area contributed by atoms with Gasteiger partial charge in [0.2, 0.25) is 0 Å². The number of thiophene rings is 2. The fraction of sp³-hybridized carbons (Fsp3) is 0.0192. The molecule has 4 aromatic heterocycles. The highest BCUT2D eigenvalue weighted by atomic mass is 32.1. The van der Waals surface area contributed by atoms with E-state index in [9.17, 15) is 0 Å². The van der Waals surface area contributed by atoms with Crippen LogP contribution in [-0.4, -0.2) is 15.0 Å². The van der Waals surface area contributed by atoms with Crippen molar-refractivity contribution in [2.75, 3.05) is 0 Å². The molecule has 0 fully saturated rings. The maximum Gasteiger partial charge on any atom is 0.160 e. The summed E-state index contributed by atoms with van der Waals surface area (Å²) in [4.78, 5) is 15.4. The topological polar surface area (TPSA) is 38.7 Å². The Morgan fingerprint density at radius 1 is 0.351 bits per heavy atom. The summed E-state index contributed by atoms with van der Waals surface area (Å²) in [6.07, 6.45) is 1.84. The molecule has 3 nitrogen and oxygen atoms in total. The number of pyridine rings is 1. The van der Waals surface area contributed by atoms with Gasteiger partial charge >= 0.3 is 0 Å². The van der Waals surface area contributed by atoms with Crippen LogP contribution in [0, 0.1) is 6.92 Å². The Hall–Kier alpha value is -6.79. The second-order valence-corrected chi connectivity index (χ2v) is 16.6. The first kappa shape index (κ1) is 33.5. The quantitative estimate of drug-likeness (QED) is 0.169. The molecule has 11 rings (SSSR count). The molecule has 0 unspecified atom stereocenters. The van der Waals surface area contributed by atoms with Crippen molar-refractivity contribution < 1.29 is 0 Å². The maximum atomic E-state index is 5.37. The first-order chi connectivity index (χ1) is 28.1. The number of aromatic nitrogens is 3. The zero-order chi connectivity index (χ0) is 37.9. The first-order valence-corrected chi connectivity index (χ1v) is 20.7. The molecule has 0 aliphatic rings. The van der Waals surface area contributed by atoms with Gasteiger partial charge in [0.1, 0.15) is 0 Å². The van der Waals surface area contributed by atoms with Crippen LogP contribution in [0.4, 0.5) is 0 Å². The molecule has 0 saturated heterocycles. The molecular weight excluding hydrogens is 731 g/mol. The van der Waals surface area contributed by atoms with Crippen molar-refractivity contribution in [2.45, 2.75) is 6.92 Å². The van der Waals surface area contributed by atoms with Gasteiger partial charge in [-0.1, -0.05) is 103 Å². The van der Waals surface area contributed by atoms with E-state index >= 15 is 0 Å². The molecule has 0 spiro atoms. The van der Waals surface area contributed by atoms with Gasteiger partial charge in [-0.2, -0.15) is 0 Å². The Labute approximate surface area is 338 Å². The second-order valence-electron chi connectivity index (χ2n) is 14.5. The molecule has 268 valence electrons.